The van der Waals surface area contributed by atoms with Crippen LogP contribution >= 0.6 is 0 Å². The van der Waals surface area contributed by atoms with Crippen LogP contribution in [0.5, 0.6) is 0 Å². The van der Waals surface area contributed by atoms with E-state index >= 15 is 0 Å². The van der Waals surface area contributed by atoms with Crippen LogP contribution in [0.1, 0.15) is 264 Å². The lowest BCUT2D eigenvalue weighted by molar-refractivity contribution is 0.543. The number of aromatic nitrogens is 12. The van der Waals surface area contributed by atoms with Gasteiger partial charge in [0, 0.05) is 123 Å². The molecule has 8 aromatic heterocycles. The molecule has 89 heavy (non-hydrogen) atoms. The van der Waals surface area contributed by atoms with Crippen molar-refractivity contribution in [3.05, 3.63) is 213 Å². The molecule has 0 radical (unpaired) electrons. The largest absolute Gasteiger partial charge is 0.264 e. The van der Waals surface area contributed by atoms with Gasteiger partial charge in [-0.3, -0.25) is 19.9 Å². The fourth-order valence-electron chi connectivity index (χ4n) is 6.97. The van der Waals surface area contributed by atoms with E-state index in [0.717, 1.165) is 57.2 Å². The average molecular weight is 1210 g/mol. The number of hydrogen-bond donors (Lipinski definition) is 0. The predicted octanol–water partition coefficient (Wildman–Crippen LogP) is 19.7. The molecule has 8 aromatic rings. The molecular weight excluding hydrogens is 1090 g/mol. The van der Waals surface area contributed by atoms with E-state index in [1.54, 1.807) is 6.33 Å². The highest BCUT2D eigenvalue weighted by molar-refractivity contribution is 5.24. The average Bonchev–Trinajstić information content (AvgIpc) is 3.63. The highest BCUT2D eigenvalue weighted by Crippen LogP contribution is 2.25. The zero-order chi connectivity index (χ0) is 67.9. The SMILES string of the molecule is C.Cc1cc(C(C)(C)C)ncn1.Cc1ccc(C(C)(C)C)cn1.Cc1ccc(C(C)(C)C)nc1.Cc1ccnc(C(C)(C)C)c1.Cc1ccnc(C(C)(C)C)n1.Cc1cnc(C(C)(C)C)nc1.Cc1cncc(C(C)(C)C)c1.Cc1ncc(C(C)(C)C)cn1. The van der Waals surface area contributed by atoms with Crippen molar-refractivity contribution in [1.82, 2.24) is 59.8 Å². The van der Waals surface area contributed by atoms with E-state index in [-0.39, 0.29) is 50.7 Å². The summed E-state index contributed by atoms with van der Waals surface area (Å²) in [6.07, 6.45) is 20.5. The van der Waals surface area contributed by atoms with Crippen LogP contribution in [-0.2, 0) is 43.3 Å². The van der Waals surface area contributed by atoms with Crippen LogP contribution in [0.3, 0.4) is 0 Å². The molecule has 12 nitrogen and oxygen atoms in total. The number of pyridine rings is 4. The van der Waals surface area contributed by atoms with Gasteiger partial charge in [-0.15, -0.1) is 0 Å². The molecule has 0 spiro atoms. The number of aryl methyl sites for hydroxylation is 8. The Morgan fingerprint density at radius 3 is 1.10 bits per heavy atom. The fourth-order valence-corrected chi connectivity index (χ4v) is 6.97. The number of hydrogen-bond acceptors (Lipinski definition) is 12. The zero-order valence-electron chi connectivity index (χ0n) is 60.9. The van der Waals surface area contributed by atoms with E-state index < -0.39 is 0 Å². The van der Waals surface area contributed by atoms with Crippen molar-refractivity contribution >= 4 is 0 Å². The fraction of sp³-hybridized carbons (Fsp3) is 0.532. The smallest absolute Gasteiger partial charge is 0.133 e. The van der Waals surface area contributed by atoms with Crippen molar-refractivity contribution in [3.8, 4) is 0 Å². The quantitative estimate of drug-likeness (QED) is 0.142. The number of rotatable bonds is 0. The minimum absolute atomic E-state index is 0. The molecule has 12 heteroatoms. The van der Waals surface area contributed by atoms with Gasteiger partial charge in [-0.1, -0.05) is 192 Å². The molecule has 0 bridgehead atoms. The Hall–Kier alpha value is -7.08. The van der Waals surface area contributed by atoms with Gasteiger partial charge in [0.05, 0.1) is 0 Å². The third kappa shape index (κ3) is 34.5. The summed E-state index contributed by atoms with van der Waals surface area (Å²) in [6, 6.07) is 18.7. The maximum absolute atomic E-state index is 4.35. The normalized spacial score (nSPS) is 11.5. The van der Waals surface area contributed by atoms with Crippen LogP contribution in [0, 0.1) is 55.4 Å². The van der Waals surface area contributed by atoms with Crippen molar-refractivity contribution in [2.75, 3.05) is 0 Å². The van der Waals surface area contributed by atoms with Gasteiger partial charge < -0.3 is 0 Å². The van der Waals surface area contributed by atoms with E-state index in [0.29, 0.717) is 0 Å². The monoisotopic (exact) mass is 1210 g/mol. The predicted molar refractivity (Wildman–Crippen MR) is 379 cm³/mol. The third-order valence-electron chi connectivity index (χ3n) is 13.0. The first kappa shape index (κ1) is 81.9. The minimum atomic E-state index is 0. The number of nitrogens with zero attached hydrogens (tertiary/aromatic N) is 12. The highest BCUT2D eigenvalue weighted by Gasteiger charge is 2.20. The summed E-state index contributed by atoms with van der Waals surface area (Å²) in [7, 11) is 0. The molecule has 0 unspecified atom stereocenters. The minimum Gasteiger partial charge on any atom is -0.264 e. The summed E-state index contributed by atoms with van der Waals surface area (Å²) in [4.78, 5) is 50.6. The Kier molecular flexibility index (Phi) is 32.5. The van der Waals surface area contributed by atoms with Gasteiger partial charge in [-0.2, -0.15) is 0 Å². The molecule has 8 heterocycles. The lowest BCUT2D eigenvalue weighted by Crippen LogP contribution is -2.15. The van der Waals surface area contributed by atoms with Gasteiger partial charge in [0.1, 0.15) is 23.8 Å². The summed E-state index contributed by atoms with van der Waals surface area (Å²) in [5, 5.41) is 0. The molecule has 488 valence electrons. The van der Waals surface area contributed by atoms with Gasteiger partial charge >= 0.3 is 0 Å². The zero-order valence-corrected chi connectivity index (χ0v) is 60.9. The Balaban J connectivity index is 0.000000993. The lowest BCUT2D eigenvalue weighted by Gasteiger charge is -2.18. The summed E-state index contributed by atoms with van der Waals surface area (Å²) < 4.78 is 0. The van der Waals surface area contributed by atoms with Crippen molar-refractivity contribution in [2.24, 2.45) is 0 Å². The Labute approximate surface area is 542 Å². The maximum Gasteiger partial charge on any atom is 0.133 e. The molecule has 0 amide bonds. The molecule has 8 rings (SSSR count). The van der Waals surface area contributed by atoms with E-state index in [2.05, 4.69) is 283 Å². The first-order valence-electron chi connectivity index (χ1n) is 30.9. The molecule has 0 fully saturated rings. The molecule has 0 aliphatic heterocycles. The molecule has 0 aliphatic carbocycles. The van der Waals surface area contributed by atoms with E-state index in [1.807, 2.05) is 115 Å². The molecule has 0 aromatic carbocycles. The van der Waals surface area contributed by atoms with Gasteiger partial charge in [0.25, 0.3) is 0 Å². The summed E-state index contributed by atoms with van der Waals surface area (Å²) in [6.45, 7) is 67.9. The van der Waals surface area contributed by atoms with Crippen LogP contribution in [0.4, 0.5) is 0 Å². The second-order valence-corrected chi connectivity index (χ2v) is 31.0. The van der Waals surface area contributed by atoms with E-state index in [4.69, 9.17) is 0 Å². The molecule has 0 saturated carbocycles. The standard InChI is InChI=1S/4C10H15N.4C9H14N2.CH4/c1-8-5-9(7-11-6-8)10(2,3)4;1-8-5-6-9(7-11-8)10(2,3)4;1-8-5-6-11-9(7-8)10(2,3)4;1-8-5-6-9(11-7-8)10(2,3)4;1-7-10-5-8(6-11-7)9(2,3)4;1-7-5-8(9(2,3)4)11-6-10-7;1-7-5-10-8(11-6-7)9(2,3)4;1-7-5-6-10-8(11-7)9(2,3)4;/h4*5-7H,1-4H3;4*5-6H,1-4H3;1H4. The molecule has 0 aliphatic rings. The molecule has 0 atom stereocenters. The molecule has 0 saturated heterocycles. The Morgan fingerprint density at radius 2 is 0.742 bits per heavy atom. The van der Waals surface area contributed by atoms with Gasteiger partial charge in [0.15, 0.2) is 0 Å². The van der Waals surface area contributed by atoms with Crippen LogP contribution in [0.15, 0.2) is 123 Å². The van der Waals surface area contributed by atoms with Crippen LogP contribution < -0.4 is 0 Å². The van der Waals surface area contributed by atoms with Crippen molar-refractivity contribution < 1.29 is 0 Å². The Bertz CT molecular complexity index is 2790. The van der Waals surface area contributed by atoms with Gasteiger partial charge in [-0.05, 0) is 147 Å². The highest BCUT2D eigenvalue weighted by atomic mass is 14.9. The summed E-state index contributed by atoms with van der Waals surface area (Å²) >= 11 is 0. The van der Waals surface area contributed by atoms with Crippen LogP contribution in [0.2, 0.25) is 0 Å². The maximum atomic E-state index is 4.35. The second kappa shape index (κ2) is 35.3. The summed E-state index contributed by atoms with van der Waals surface area (Å²) in [5.74, 6) is 2.65. The first-order valence-corrected chi connectivity index (χ1v) is 30.9. The molecule has 0 N–H and O–H groups in total. The van der Waals surface area contributed by atoms with Crippen molar-refractivity contribution in [2.45, 2.75) is 272 Å². The van der Waals surface area contributed by atoms with Gasteiger partial charge in [-0.25, -0.2) is 39.9 Å². The van der Waals surface area contributed by atoms with E-state index in [1.165, 1.54) is 33.4 Å². The summed E-state index contributed by atoms with van der Waals surface area (Å²) in [5.41, 5.74) is 16.4. The topological polar surface area (TPSA) is 155 Å². The van der Waals surface area contributed by atoms with Crippen molar-refractivity contribution in [3.63, 3.8) is 0 Å². The Morgan fingerprint density at radius 1 is 0.258 bits per heavy atom. The van der Waals surface area contributed by atoms with Crippen molar-refractivity contribution in [1.29, 1.82) is 0 Å². The van der Waals surface area contributed by atoms with E-state index in [9.17, 15) is 0 Å². The van der Waals surface area contributed by atoms with Crippen LogP contribution in [0.25, 0.3) is 0 Å². The first-order chi connectivity index (χ1) is 40.0. The van der Waals surface area contributed by atoms with Gasteiger partial charge in [0.2, 0.25) is 0 Å². The van der Waals surface area contributed by atoms with Crippen LogP contribution in [-0.4, -0.2) is 59.8 Å². The lowest BCUT2D eigenvalue weighted by atomic mass is 9.88. The second-order valence-electron chi connectivity index (χ2n) is 31.0. The molecular formula is C77H120N12. The third-order valence-corrected chi connectivity index (χ3v) is 13.0.